The van der Waals surface area contributed by atoms with Crippen LogP contribution in [0.5, 0.6) is 5.75 Å². The summed E-state index contributed by atoms with van der Waals surface area (Å²) in [5.74, 6) is -1.79. The van der Waals surface area contributed by atoms with Gasteiger partial charge in [-0.3, -0.25) is 4.68 Å². The van der Waals surface area contributed by atoms with Crippen LogP contribution in [0, 0.1) is 6.92 Å². The molecule has 20 heavy (non-hydrogen) atoms. The van der Waals surface area contributed by atoms with E-state index in [1.165, 1.54) is 29.9 Å². The van der Waals surface area contributed by atoms with Gasteiger partial charge >= 0.3 is 5.97 Å². The molecule has 0 spiro atoms. The number of phenols is 1. The third-order valence-electron chi connectivity index (χ3n) is 2.89. The van der Waals surface area contributed by atoms with Crippen molar-refractivity contribution in [2.75, 3.05) is 0 Å². The average molecular weight is 282 g/mol. The van der Waals surface area contributed by atoms with Crippen molar-refractivity contribution < 1.29 is 23.8 Å². The van der Waals surface area contributed by atoms with E-state index >= 15 is 0 Å². The second-order valence-electron chi connectivity index (χ2n) is 4.39. The summed E-state index contributed by atoms with van der Waals surface area (Å²) in [5.41, 5.74) is 0.208. The molecule has 1 aromatic heterocycles. The zero-order valence-corrected chi connectivity index (χ0v) is 10.8. The van der Waals surface area contributed by atoms with E-state index in [0.29, 0.717) is 5.56 Å². The standard InChI is InChI=1S/C13H12F2N2O3/c1-6-3-7(11(18)8(4-6)12(14)15)10-5-9(13(19)20)16-17(10)2/h3-5,12,18H,1-2H3,(H,19,20). The van der Waals surface area contributed by atoms with Crippen LogP contribution in [0.15, 0.2) is 18.2 Å². The second kappa shape index (κ2) is 4.92. The number of carbonyl (C=O) groups is 1. The topological polar surface area (TPSA) is 75.3 Å². The maximum Gasteiger partial charge on any atom is 0.356 e. The Morgan fingerprint density at radius 2 is 2.00 bits per heavy atom. The zero-order valence-electron chi connectivity index (χ0n) is 10.8. The highest BCUT2D eigenvalue weighted by Crippen LogP contribution is 2.38. The van der Waals surface area contributed by atoms with Crippen LogP contribution in [-0.4, -0.2) is 26.0 Å². The smallest absolute Gasteiger partial charge is 0.356 e. The summed E-state index contributed by atoms with van der Waals surface area (Å²) < 4.78 is 27.0. The lowest BCUT2D eigenvalue weighted by Crippen LogP contribution is -1.99. The third kappa shape index (κ3) is 2.34. The maximum absolute atomic E-state index is 12.9. The molecule has 1 aromatic carbocycles. The minimum atomic E-state index is -2.82. The molecule has 0 unspecified atom stereocenters. The van der Waals surface area contributed by atoms with Gasteiger partial charge in [0.05, 0.1) is 11.3 Å². The van der Waals surface area contributed by atoms with Gasteiger partial charge in [0.15, 0.2) is 5.69 Å². The van der Waals surface area contributed by atoms with Gasteiger partial charge in [-0.05, 0) is 30.7 Å². The van der Waals surface area contributed by atoms with Crippen LogP contribution in [0.3, 0.4) is 0 Å². The van der Waals surface area contributed by atoms with Crippen LogP contribution in [0.2, 0.25) is 0 Å². The Hall–Kier alpha value is -2.44. The van der Waals surface area contributed by atoms with Gasteiger partial charge < -0.3 is 10.2 Å². The number of aromatic hydroxyl groups is 1. The molecular weight excluding hydrogens is 270 g/mol. The van der Waals surface area contributed by atoms with E-state index in [2.05, 4.69) is 5.10 Å². The second-order valence-corrected chi connectivity index (χ2v) is 4.39. The predicted molar refractivity (Wildman–Crippen MR) is 67.0 cm³/mol. The first-order valence-corrected chi connectivity index (χ1v) is 5.70. The van der Waals surface area contributed by atoms with Gasteiger partial charge in [-0.15, -0.1) is 0 Å². The van der Waals surface area contributed by atoms with E-state index in [-0.39, 0.29) is 17.0 Å². The Morgan fingerprint density at radius 1 is 1.35 bits per heavy atom. The van der Waals surface area contributed by atoms with Crippen LogP contribution in [0.4, 0.5) is 8.78 Å². The summed E-state index contributed by atoms with van der Waals surface area (Å²) in [6.45, 7) is 1.61. The molecule has 0 aliphatic rings. The minimum absolute atomic E-state index is 0.128. The van der Waals surface area contributed by atoms with Crippen molar-refractivity contribution in [3.8, 4) is 17.0 Å². The highest BCUT2D eigenvalue weighted by Gasteiger charge is 2.21. The minimum Gasteiger partial charge on any atom is -0.507 e. The number of hydrogen-bond acceptors (Lipinski definition) is 3. The van der Waals surface area contributed by atoms with E-state index in [1.54, 1.807) is 6.92 Å². The Bertz CT molecular complexity index is 680. The molecule has 0 saturated heterocycles. The van der Waals surface area contributed by atoms with Crippen molar-refractivity contribution >= 4 is 5.97 Å². The molecule has 2 N–H and O–H groups in total. The molecular formula is C13H12F2N2O3. The van der Waals surface area contributed by atoms with Crippen molar-refractivity contribution in [1.82, 2.24) is 9.78 Å². The van der Waals surface area contributed by atoms with Crippen LogP contribution < -0.4 is 0 Å². The fourth-order valence-corrected chi connectivity index (χ4v) is 1.99. The van der Waals surface area contributed by atoms with Gasteiger partial charge in [0.25, 0.3) is 6.43 Å². The lowest BCUT2D eigenvalue weighted by atomic mass is 10.0. The quantitative estimate of drug-likeness (QED) is 0.907. The number of halogens is 2. The molecule has 5 nitrogen and oxygen atoms in total. The number of aromatic carboxylic acids is 1. The lowest BCUT2D eigenvalue weighted by Gasteiger charge is -2.11. The molecule has 2 aromatic rings. The number of nitrogens with zero attached hydrogens (tertiary/aromatic N) is 2. The summed E-state index contributed by atoms with van der Waals surface area (Å²) in [6, 6.07) is 3.92. The number of carboxylic acids is 1. The fraction of sp³-hybridized carbons (Fsp3) is 0.231. The first-order chi connectivity index (χ1) is 9.31. The number of rotatable bonds is 3. The normalized spacial score (nSPS) is 11.1. The van der Waals surface area contributed by atoms with Gasteiger partial charge in [-0.2, -0.15) is 5.10 Å². The number of alkyl halides is 2. The molecule has 0 radical (unpaired) electrons. The number of aromatic nitrogens is 2. The summed E-state index contributed by atoms with van der Waals surface area (Å²) in [4.78, 5) is 10.9. The van der Waals surface area contributed by atoms with E-state index in [0.717, 1.165) is 0 Å². The summed E-state index contributed by atoms with van der Waals surface area (Å²) >= 11 is 0. The van der Waals surface area contributed by atoms with E-state index in [4.69, 9.17) is 5.11 Å². The van der Waals surface area contributed by atoms with Crippen molar-refractivity contribution in [2.24, 2.45) is 7.05 Å². The molecule has 7 heteroatoms. The van der Waals surface area contributed by atoms with Crippen molar-refractivity contribution in [2.45, 2.75) is 13.3 Å². The van der Waals surface area contributed by atoms with Crippen molar-refractivity contribution in [1.29, 1.82) is 0 Å². The number of carboxylic acid groups (broad SMARTS) is 1. The predicted octanol–water partition coefficient (Wildman–Crippen LogP) is 2.74. The Balaban J connectivity index is 2.66. The van der Waals surface area contributed by atoms with Gasteiger partial charge in [0, 0.05) is 12.6 Å². The van der Waals surface area contributed by atoms with E-state index < -0.39 is 23.7 Å². The Morgan fingerprint density at radius 3 is 2.50 bits per heavy atom. The van der Waals surface area contributed by atoms with Crippen molar-refractivity contribution in [3.05, 3.63) is 35.0 Å². The molecule has 106 valence electrons. The SMILES string of the molecule is Cc1cc(-c2cc(C(=O)O)nn2C)c(O)c(C(F)F)c1. The Kier molecular flexibility index (Phi) is 3.44. The molecule has 1 heterocycles. The molecule has 0 amide bonds. The number of benzene rings is 1. The lowest BCUT2D eigenvalue weighted by molar-refractivity contribution is 0.0689. The third-order valence-corrected chi connectivity index (χ3v) is 2.89. The average Bonchev–Trinajstić information content (AvgIpc) is 2.73. The summed E-state index contributed by atoms with van der Waals surface area (Å²) in [5, 5.41) is 22.6. The van der Waals surface area contributed by atoms with E-state index in [1.807, 2.05) is 0 Å². The Labute approximate surface area is 113 Å². The van der Waals surface area contributed by atoms with Gasteiger partial charge in [0.2, 0.25) is 0 Å². The number of phenolic OH excluding ortho intramolecular Hbond substituents is 1. The number of hydrogen-bond donors (Lipinski definition) is 2. The van der Waals surface area contributed by atoms with Crippen LogP contribution in [0.25, 0.3) is 11.3 Å². The zero-order chi connectivity index (χ0) is 15.0. The summed E-state index contributed by atoms with van der Waals surface area (Å²) in [6.07, 6.45) is -2.82. The maximum atomic E-state index is 12.9. The largest absolute Gasteiger partial charge is 0.507 e. The molecule has 0 fully saturated rings. The van der Waals surface area contributed by atoms with Gasteiger partial charge in [0.1, 0.15) is 5.75 Å². The van der Waals surface area contributed by atoms with Gasteiger partial charge in [-0.1, -0.05) is 0 Å². The molecule has 0 aliphatic carbocycles. The molecule has 0 atom stereocenters. The van der Waals surface area contributed by atoms with Crippen molar-refractivity contribution in [3.63, 3.8) is 0 Å². The highest BCUT2D eigenvalue weighted by atomic mass is 19.3. The molecule has 0 aliphatic heterocycles. The first kappa shape index (κ1) is 14.0. The molecule has 2 rings (SSSR count). The van der Waals surface area contributed by atoms with Crippen LogP contribution >= 0.6 is 0 Å². The highest BCUT2D eigenvalue weighted by molar-refractivity contribution is 5.87. The van der Waals surface area contributed by atoms with E-state index in [9.17, 15) is 18.7 Å². The van der Waals surface area contributed by atoms with Gasteiger partial charge in [-0.25, -0.2) is 13.6 Å². The fourth-order valence-electron chi connectivity index (χ4n) is 1.99. The monoisotopic (exact) mass is 282 g/mol. The number of aryl methyl sites for hydroxylation is 2. The molecule has 0 bridgehead atoms. The summed E-state index contributed by atoms with van der Waals surface area (Å²) in [7, 11) is 1.48. The van der Waals surface area contributed by atoms with Crippen LogP contribution in [-0.2, 0) is 7.05 Å². The molecule has 0 saturated carbocycles. The first-order valence-electron chi connectivity index (χ1n) is 5.70. The van der Waals surface area contributed by atoms with Crippen LogP contribution in [0.1, 0.15) is 28.0 Å².